The summed E-state index contributed by atoms with van der Waals surface area (Å²) in [5, 5.41) is 25.9. The molecule has 0 radical (unpaired) electrons. The highest BCUT2D eigenvalue weighted by Crippen LogP contribution is 2.38. The molecule has 2 aromatic rings. The van der Waals surface area contributed by atoms with E-state index in [2.05, 4.69) is 5.10 Å². The van der Waals surface area contributed by atoms with Crippen molar-refractivity contribution < 1.29 is 62.2 Å². The number of rotatable bonds is 10. The topological polar surface area (TPSA) is 182 Å². The molecule has 0 saturated carbocycles. The third-order valence-electron chi connectivity index (χ3n) is 6.38. The van der Waals surface area contributed by atoms with Crippen LogP contribution >= 0.6 is 0 Å². The number of nitrogens with zero attached hydrogens (tertiary/aromatic N) is 2. The zero-order valence-electron chi connectivity index (χ0n) is 24.8. The van der Waals surface area contributed by atoms with Crippen LogP contribution in [0.25, 0.3) is 0 Å². The van der Waals surface area contributed by atoms with Gasteiger partial charge >= 0.3 is 29.9 Å². The van der Waals surface area contributed by atoms with E-state index < -0.39 is 72.4 Å². The molecule has 1 aliphatic rings. The number of aliphatic hydroxyl groups is 1. The van der Waals surface area contributed by atoms with Gasteiger partial charge in [-0.25, -0.2) is 4.39 Å². The molecule has 1 fully saturated rings. The van der Waals surface area contributed by atoms with E-state index in [1.54, 1.807) is 11.6 Å². The van der Waals surface area contributed by atoms with Crippen LogP contribution < -0.4 is 4.74 Å². The number of benzene rings is 1. The molecule has 0 amide bonds. The van der Waals surface area contributed by atoms with Gasteiger partial charge in [0.05, 0.1) is 0 Å². The maximum atomic E-state index is 14.1. The van der Waals surface area contributed by atoms with Crippen molar-refractivity contribution in [2.75, 3.05) is 6.61 Å². The second-order valence-corrected chi connectivity index (χ2v) is 10.2. The van der Waals surface area contributed by atoms with Gasteiger partial charge in [0, 0.05) is 51.4 Å². The van der Waals surface area contributed by atoms with E-state index in [0.717, 1.165) is 33.8 Å². The summed E-state index contributed by atoms with van der Waals surface area (Å²) in [7, 11) is 0. The van der Waals surface area contributed by atoms with Crippen LogP contribution in [0.15, 0.2) is 18.2 Å². The summed E-state index contributed by atoms with van der Waals surface area (Å²) < 4.78 is 48.5. The van der Waals surface area contributed by atoms with E-state index in [-0.39, 0.29) is 18.3 Å². The third-order valence-corrected chi connectivity index (χ3v) is 6.38. The molecule has 236 valence electrons. The fourth-order valence-electron chi connectivity index (χ4n) is 4.65. The summed E-state index contributed by atoms with van der Waals surface area (Å²) in [6, 6.07) is 3.57. The second-order valence-electron chi connectivity index (χ2n) is 10.2. The molecule has 2 heterocycles. The Hall–Kier alpha value is -4.24. The fraction of sp³-hybridized carbons (Fsp3) is 0.536. The first-order valence-corrected chi connectivity index (χ1v) is 13.3. The van der Waals surface area contributed by atoms with Crippen LogP contribution in [-0.2, 0) is 49.3 Å². The van der Waals surface area contributed by atoms with Crippen molar-refractivity contribution in [2.45, 2.75) is 91.3 Å². The minimum atomic E-state index is -2.95. The molecule has 0 bridgehead atoms. The maximum absolute atomic E-state index is 14.1. The van der Waals surface area contributed by atoms with Gasteiger partial charge in [-0.15, -0.1) is 5.10 Å². The molecule has 5 atom stereocenters. The van der Waals surface area contributed by atoms with Crippen molar-refractivity contribution in [2.24, 2.45) is 0 Å². The normalized spacial score (nSPS) is 23.4. The summed E-state index contributed by atoms with van der Waals surface area (Å²) in [5.74, 6) is -8.00. The highest BCUT2D eigenvalue weighted by atomic mass is 19.1. The molecule has 1 saturated heterocycles. The number of esters is 4. The van der Waals surface area contributed by atoms with Crippen LogP contribution in [0.5, 0.6) is 11.6 Å². The highest BCUT2D eigenvalue weighted by Gasteiger charge is 2.62. The second kappa shape index (κ2) is 13.4. The average Bonchev–Trinajstić information content (AvgIpc) is 3.18. The number of halogens is 1. The number of carbonyl (C=O) groups excluding carboxylic acids is 4. The Morgan fingerprint density at radius 1 is 1.02 bits per heavy atom. The summed E-state index contributed by atoms with van der Waals surface area (Å²) in [4.78, 5) is 47.9. The van der Waals surface area contributed by atoms with E-state index in [1.807, 2.05) is 13.8 Å². The molecular formula is C28H35FN2O12. The van der Waals surface area contributed by atoms with E-state index in [4.69, 9.17) is 28.4 Å². The number of carbonyl (C=O) groups is 4. The monoisotopic (exact) mass is 610 g/mol. The van der Waals surface area contributed by atoms with E-state index in [0.29, 0.717) is 16.8 Å². The first-order valence-electron chi connectivity index (χ1n) is 13.3. The minimum Gasteiger partial charge on any atom is -0.505 e. The highest BCUT2D eigenvalue weighted by molar-refractivity contribution is 5.68. The van der Waals surface area contributed by atoms with Crippen molar-refractivity contribution in [1.29, 1.82) is 0 Å². The molecule has 3 rings (SSSR count). The lowest BCUT2D eigenvalue weighted by atomic mass is 9.96. The van der Waals surface area contributed by atoms with Crippen LogP contribution in [0, 0.1) is 12.7 Å². The van der Waals surface area contributed by atoms with Crippen LogP contribution in [-0.4, -0.2) is 80.9 Å². The van der Waals surface area contributed by atoms with Gasteiger partial charge in [-0.3, -0.25) is 23.9 Å². The smallest absolute Gasteiger partial charge is 0.369 e. The molecule has 0 spiro atoms. The van der Waals surface area contributed by atoms with Crippen LogP contribution in [0.4, 0.5) is 4.39 Å². The molecule has 0 aliphatic carbocycles. The van der Waals surface area contributed by atoms with Crippen LogP contribution in [0.3, 0.4) is 0 Å². The minimum absolute atomic E-state index is 0.0136. The molecule has 14 nitrogen and oxygen atoms in total. The summed E-state index contributed by atoms with van der Waals surface area (Å²) >= 11 is 0. The van der Waals surface area contributed by atoms with Gasteiger partial charge in [-0.2, -0.15) is 0 Å². The fourth-order valence-corrected chi connectivity index (χ4v) is 4.65. The number of aromatic nitrogens is 2. The van der Waals surface area contributed by atoms with Crippen molar-refractivity contribution in [3.63, 3.8) is 0 Å². The lowest BCUT2D eigenvalue weighted by Crippen LogP contribution is -2.70. The summed E-state index contributed by atoms with van der Waals surface area (Å²) in [6.07, 6.45) is -6.65. The number of hydrogen-bond donors (Lipinski definition) is 2. The van der Waals surface area contributed by atoms with Gasteiger partial charge in [-0.1, -0.05) is 6.07 Å². The Morgan fingerprint density at radius 3 is 2.16 bits per heavy atom. The lowest BCUT2D eigenvalue weighted by Gasteiger charge is -2.47. The molecule has 1 aromatic heterocycles. The SMILES string of the molecule is CC(=O)OC[C@H]1O[C@](O)(Oc2nn(C(C)C)c(C)c2Cc2ccc(O)c(F)c2)[C@H](OC(C)=O)[C@@H](OC(C)=O)[C@@H]1OC(C)=O. The summed E-state index contributed by atoms with van der Waals surface area (Å²) in [5.41, 5.74) is 1.34. The first-order chi connectivity index (χ1) is 20.0. The molecule has 2 N–H and O–H groups in total. The Kier molecular flexibility index (Phi) is 10.3. The maximum Gasteiger partial charge on any atom is 0.369 e. The zero-order valence-corrected chi connectivity index (χ0v) is 24.8. The van der Waals surface area contributed by atoms with E-state index in [9.17, 15) is 33.8 Å². The number of hydrogen-bond acceptors (Lipinski definition) is 13. The van der Waals surface area contributed by atoms with Gasteiger partial charge in [0.2, 0.25) is 12.0 Å². The van der Waals surface area contributed by atoms with Crippen molar-refractivity contribution in [3.05, 3.63) is 40.8 Å². The number of phenolic OH excluding ortho intramolecular Hbond substituents is 1. The van der Waals surface area contributed by atoms with Crippen LogP contribution in [0.1, 0.15) is 64.4 Å². The third kappa shape index (κ3) is 7.99. The number of ether oxygens (including phenoxy) is 6. The Labute approximate surface area is 246 Å². The number of aromatic hydroxyl groups is 1. The summed E-state index contributed by atoms with van der Waals surface area (Å²) in [6.45, 7) is 9.00. The molecular weight excluding hydrogens is 575 g/mol. The van der Waals surface area contributed by atoms with E-state index >= 15 is 0 Å². The van der Waals surface area contributed by atoms with Crippen molar-refractivity contribution in [1.82, 2.24) is 9.78 Å². The number of phenols is 1. The Bertz CT molecular complexity index is 1380. The average molecular weight is 611 g/mol. The van der Waals surface area contributed by atoms with E-state index in [1.165, 1.54) is 12.1 Å². The van der Waals surface area contributed by atoms with Gasteiger partial charge in [-0.05, 0) is 38.5 Å². The molecule has 43 heavy (non-hydrogen) atoms. The van der Waals surface area contributed by atoms with Crippen molar-refractivity contribution in [3.8, 4) is 11.6 Å². The Balaban J connectivity index is 2.16. The standard InChI is InChI=1S/C28H35FN2O12/c1-13(2)31-14(3)20(10-19-8-9-22(36)21(29)11-19)27(30-31)43-28(37)26(41-18(7)35)25(40-17(6)34)24(39-16(5)33)23(42-28)12-38-15(4)32/h8-9,11,13,23-26,36-37H,10,12H2,1-7H3/t23-,24-,25+,26-,28+/m1/s1. The van der Waals surface area contributed by atoms with Crippen molar-refractivity contribution >= 4 is 23.9 Å². The molecule has 0 unspecified atom stereocenters. The van der Waals surface area contributed by atoms with Gasteiger partial charge in [0.25, 0.3) is 0 Å². The molecule has 1 aromatic carbocycles. The first kappa shape index (κ1) is 33.3. The Morgan fingerprint density at radius 2 is 1.63 bits per heavy atom. The molecule has 1 aliphatic heterocycles. The van der Waals surface area contributed by atoms with Crippen LogP contribution in [0.2, 0.25) is 0 Å². The van der Waals surface area contributed by atoms with Gasteiger partial charge < -0.3 is 38.6 Å². The predicted octanol–water partition coefficient (Wildman–Crippen LogP) is 1.99. The quantitative estimate of drug-likeness (QED) is 0.227. The zero-order chi connectivity index (χ0) is 32.2. The lowest BCUT2D eigenvalue weighted by molar-refractivity contribution is -0.422. The largest absolute Gasteiger partial charge is 0.505 e. The van der Waals surface area contributed by atoms with Gasteiger partial charge in [0.1, 0.15) is 12.7 Å². The molecule has 15 heteroatoms. The predicted molar refractivity (Wildman–Crippen MR) is 142 cm³/mol. The van der Waals surface area contributed by atoms with Gasteiger partial charge in [0.15, 0.2) is 23.8 Å².